The minimum atomic E-state index is -0.751. The Morgan fingerprint density at radius 1 is 0.346 bits per heavy atom. The maximum Gasteiger partial charge on any atom is 0.407 e. The van der Waals surface area contributed by atoms with E-state index >= 15 is 0 Å². The zero-order valence-electron chi connectivity index (χ0n) is 64.6. The average molecular weight is 1470 g/mol. The van der Waals surface area contributed by atoms with Crippen LogP contribution in [0.1, 0.15) is 86.5 Å². The number of esters is 2. The number of ether oxygens (including phenoxy) is 16. The second-order valence-electron chi connectivity index (χ2n) is 29.4. The molecule has 0 saturated heterocycles. The van der Waals surface area contributed by atoms with E-state index in [1.807, 2.05) is 0 Å². The predicted octanol–water partition coefficient (Wildman–Crippen LogP) is 13.2. The minimum absolute atomic E-state index is 0.0122. The van der Waals surface area contributed by atoms with Gasteiger partial charge < -0.3 is 86.4 Å². The number of rotatable bonds is 64. The lowest BCUT2D eigenvalue weighted by Gasteiger charge is -2.47. The lowest BCUT2D eigenvalue weighted by molar-refractivity contribution is -0.157. The number of alkyl carbamates (subject to hydrolysis) is 2. The molecule has 0 radical (unpaired) electrons. The Balaban J connectivity index is 0.00000104. The van der Waals surface area contributed by atoms with Crippen LogP contribution in [-0.2, 0) is 85.4 Å². The van der Waals surface area contributed by atoms with E-state index in [0.29, 0.717) is 98.3 Å². The van der Waals surface area contributed by atoms with E-state index in [1.54, 1.807) is 72.9 Å². The van der Waals surface area contributed by atoms with Crippen molar-refractivity contribution in [2.45, 2.75) is 86.5 Å². The Morgan fingerprint density at radius 3 is 0.865 bits per heavy atom. The second-order valence-corrected chi connectivity index (χ2v) is 29.4. The van der Waals surface area contributed by atoms with Crippen LogP contribution in [0, 0.1) is 61.6 Å². The van der Waals surface area contributed by atoms with Crippen LogP contribution in [-0.4, -0.2) is 222 Å². The Morgan fingerprint density at radius 2 is 0.596 bits per heavy atom. The fraction of sp³-hybridized carbons (Fsp3) is 0.659. The number of hydrogen-bond acceptors (Lipinski definition) is 20. The molecule has 2 N–H and O–H groups in total. The molecular formula is C82H134N2O20. The fourth-order valence-electron chi connectivity index (χ4n) is 13.3. The molecule has 592 valence electrons. The first kappa shape index (κ1) is 95.9. The van der Waals surface area contributed by atoms with Crippen molar-refractivity contribution in [3.63, 3.8) is 0 Å². The first-order valence-electron chi connectivity index (χ1n) is 36.2. The van der Waals surface area contributed by atoms with Gasteiger partial charge in [-0.05, 0) is 72.0 Å². The van der Waals surface area contributed by atoms with Crippen molar-refractivity contribution in [3.8, 4) is 0 Å². The molecule has 2 amide bonds. The van der Waals surface area contributed by atoms with E-state index in [2.05, 4.69) is 131 Å². The zero-order chi connectivity index (χ0) is 77.5. The molecule has 104 heavy (non-hydrogen) atoms. The lowest BCUT2D eigenvalue weighted by atomic mass is 9.60. The number of carbonyl (C=O) groups is 4. The van der Waals surface area contributed by atoms with Crippen LogP contribution >= 0.6 is 0 Å². The summed E-state index contributed by atoms with van der Waals surface area (Å²) >= 11 is 0. The highest BCUT2D eigenvalue weighted by molar-refractivity contribution is 5.70. The molecule has 22 heteroatoms. The zero-order valence-corrected chi connectivity index (χ0v) is 64.6. The SMILES string of the molecule is C=CCOCC(COCC=C)(COCC=C)COC(=O)CC1CC(C)(C)CC(C)(CNC(=O)OCC(COCC=C)(COCC=C)COCC=C)C1.C=CCOCC(COCC=C)(COCC=C)COC(=O)CC1CC(C)C(C)C(C)(CNC(=O)OCC(COCC=C)(COCC=C)COCC=C)C1. The van der Waals surface area contributed by atoms with Gasteiger partial charge in [0.2, 0.25) is 0 Å². The highest BCUT2D eigenvalue weighted by Gasteiger charge is 2.46. The quantitative estimate of drug-likeness (QED) is 0.0249. The number of nitrogens with one attached hydrogen (secondary N) is 2. The normalized spacial score (nSPS) is 19.4. The molecule has 2 aliphatic rings. The van der Waals surface area contributed by atoms with Crippen LogP contribution < -0.4 is 10.6 Å². The van der Waals surface area contributed by atoms with E-state index in [0.717, 1.165) is 32.1 Å². The molecule has 2 rings (SSSR count). The molecule has 6 atom stereocenters. The van der Waals surface area contributed by atoms with Gasteiger partial charge in [-0.2, -0.15) is 0 Å². The summed E-state index contributed by atoms with van der Waals surface area (Å²) in [4.78, 5) is 53.0. The smallest absolute Gasteiger partial charge is 0.407 e. The fourth-order valence-corrected chi connectivity index (χ4v) is 13.3. The monoisotopic (exact) mass is 1470 g/mol. The van der Waals surface area contributed by atoms with E-state index < -0.39 is 33.8 Å². The molecule has 0 bridgehead atoms. The Labute approximate surface area is 625 Å². The van der Waals surface area contributed by atoms with Gasteiger partial charge in [0.1, 0.15) is 26.4 Å². The van der Waals surface area contributed by atoms with Gasteiger partial charge in [-0.1, -0.05) is 114 Å². The molecule has 0 heterocycles. The molecule has 0 aromatic carbocycles. The number of amides is 2. The topological polar surface area (TPSA) is 240 Å². The van der Waals surface area contributed by atoms with E-state index in [4.69, 9.17) is 75.8 Å². The maximum atomic E-state index is 13.4. The van der Waals surface area contributed by atoms with Crippen LogP contribution in [0.15, 0.2) is 152 Å². The molecule has 0 spiro atoms. The molecule has 0 aliphatic heterocycles. The van der Waals surface area contributed by atoms with Crippen molar-refractivity contribution < 1.29 is 95.0 Å². The summed E-state index contributed by atoms with van der Waals surface area (Å²) in [6, 6.07) is 0. The van der Waals surface area contributed by atoms with Crippen molar-refractivity contribution in [1.82, 2.24) is 10.6 Å². The van der Waals surface area contributed by atoms with Gasteiger partial charge in [-0.25, -0.2) is 9.59 Å². The third-order valence-corrected chi connectivity index (χ3v) is 18.0. The molecule has 2 aliphatic carbocycles. The summed E-state index contributed by atoms with van der Waals surface area (Å²) in [5.74, 6) is 0.127. The summed E-state index contributed by atoms with van der Waals surface area (Å²) in [5, 5.41) is 5.99. The summed E-state index contributed by atoms with van der Waals surface area (Å²) in [6.45, 7) is 65.6. The summed E-state index contributed by atoms with van der Waals surface area (Å²) in [6.07, 6.45) is 23.4. The lowest BCUT2D eigenvalue weighted by Crippen LogP contribution is -2.48. The summed E-state index contributed by atoms with van der Waals surface area (Å²) in [5.41, 5.74) is -3.58. The predicted molar refractivity (Wildman–Crippen MR) is 410 cm³/mol. The van der Waals surface area contributed by atoms with E-state index in [-0.39, 0.29) is 164 Å². The van der Waals surface area contributed by atoms with Gasteiger partial charge in [-0.3, -0.25) is 9.59 Å². The van der Waals surface area contributed by atoms with Crippen molar-refractivity contribution in [3.05, 3.63) is 152 Å². The highest BCUT2D eigenvalue weighted by Crippen LogP contribution is 2.50. The van der Waals surface area contributed by atoms with Crippen molar-refractivity contribution in [2.24, 2.45) is 61.6 Å². The Hall–Kier alpha value is -6.12. The highest BCUT2D eigenvalue weighted by atomic mass is 16.6. The molecule has 22 nitrogen and oxygen atoms in total. The number of hydrogen-bond donors (Lipinski definition) is 2. The number of carbonyl (C=O) groups excluding carboxylic acids is 4. The third kappa shape index (κ3) is 41.1. The van der Waals surface area contributed by atoms with Crippen LogP contribution in [0.2, 0.25) is 0 Å². The Kier molecular flexibility index (Phi) is 51.0. The van der Waals surface area contributed by atoms with Crippen molar-refractivity contribution in [2.75, 3.05) is 198 Å². The van der Waals surface area contributed by atoms with Crippen molar-refractivity contribution in [1.29, 1.82) is 0 Å². The first-order chi connectivity index (χ1) is 49.8. The molecule has 6 unspecified atom stereocenters. The average Bonchev–Trinajstić information content (AvgIpc) is 0.799. The van der Waals surface area contributed by atoms with Crippen LogP contribution in [0.4, 0.5) is 9.59 Å². The van der Waals surface area contributed by atoms with Gasteiger partial charge in [0, 0.05) is 25.9 Å². The largest absolute Gasteiger partial charge is 0.465 e. The van der Waals surface area contributed by atoms with Crippen LogP contribution in [0.25, 0.3) is 0 Å². The van der Waals surface area contributed by atoms with Gasteiger partial charge in [0.25, 0.3) is 0 Å². The van der Waals surface area contributed by atoms with Gasteiger partial charge in [-0.15, -0.1) is 78.9 Å². The summed E-state index contributed by atoms with van der Waals surface area (Å²) in [7, 11) is 0. The Bertz CT molecular complexity index is 2390. The molecule has 2 fully saturated rings. The van der Waals surface area contributed by atoms with Crippen LogP contribution in [0.5, 0.6) is 0 Å². The van der Waals surface area contributed by atoms with Gasteiger partial charge in [0.15, 0.2) is 0 Å². The summed E-state index contributed by atoms with van der Waals surface area (Å²) < 4.78 is 92.8. The van der Waals surface area contributed by atoms with Crippen LogP contribution in [0.3, 0.4) is 0 Å². The third-order valence-electron chi connectivity index (χ3n) is 18.0. The van der Waals surface area contributed by atoms with Gasteiger partial charge in [0.05, 0.1) is 180 Å². The van der Waals surface area contributed by atoms with E-state index in [1.165, 1.54) is 0 Å². The second kappa shape index (κ2) is 55.3. The molecular weight excluding hydrogens is 1330 g/mol. The molecule has 2 saturated carbocycles. The standard InChI is InChI=1S/2C41H67NO10/c1-10-16-45-27-40(28-46-17-11-2,29-47-18-12-3)33-51-36(43)22-35-23-38(7,8)25-39(9,24-35)26-42-37(44)52-34-41(30-48-19-13-4,31-49-20-14-5)32-50-21-15-6;1-10-16-45-26-40(27-46-17-11-2,28-47-18-12-3)32-51-37(43)23-36-22-34(7)35(8)39(9,24-36)25-42-38(44)52-33-41(29-48-19-13-4,30-49-20-14-5)31-50-21-15-6/h10-15,35H,1-6,16-34H2,7-9H3,(H,42,44);10-15,34-36H,1-6,16-33H2,7-9H3,(H,42,44). The minimum Gasteiger partial charge on any atom is -0.465 e. The first-order valence-corrected chi connectivity index (χ1v) is 36.2. The molecule has 0 aromatic heterocycles. The van der Waals surface area contributed by atoms with Crippen molar-refractivity contribution >= 4 is 24.1 Å². The maximum absolute atomic E-state index is 13.4. The molecule has 0 aromatic rings. The van der Waals surface area contributed by atoms with E-state index in [9.17, 15) is 19.2 Å². The van der Waals surface area contributed by atoms with Gasteiger partial charge >= 0.3 is 24.1 Å².